The molecule has 0 aliphatic carbocycles. The minimum Gasteiger partial charge on any atom is -0.479 e. The lowest BCUT2D eigenvalue weighted by atomic mass is 9.98. The van der Waals surface area contributed by atoms with Crippen LogP contribution >= 0.6 is 0 Å². The summed E-state index contributed by atoms with van der Waals surface area (Å²) < 4.78 is 28.6. The molecular formula is C73H126O12. The Morgan fingerprint density at radius 1 is 0.388 bits per heavy atom. The van der Waals surface area contributed by atoms with Gasteiger partial charge in [-0.25, -0.2) is 4.79 Å². The average molecular weight is 1200 g/mol. The van der Waals surface area contributed by atoms with Crippen LogP contribution in [0.2, 0.25) is 0 Å². The summed E-state index contributed by atoms with van der Waals surface area (Å²) in [6.45, 7) is 5.97. The third kappa shape index (κ3) is 49.8. The zero-order valence-corrected chi connectivity index (χ0v) is 54.3. The number of unbranched alkanes of at least 4 members (excludes halogenated alkanes) is 34. The quantitative estimate of drug-likeness (QED) is 0.0228. The molecule has 490 valence electrons. The van der Waals surface area contributed by atoms with Crippen LogP contribution in [0.5, 0.6) is 0 Å². The molecule has 0 radical (unpaired) electrons. The molecule has 0 spiro atoms. The van der Waals surface area contributed by atoms with Crippen LogP contribution in [0.1, 0.15) is 316 Å². The van der Waals surface area contributed by atoms with Gasteiger partial charge in [-0.3, -0.25) is 14.4 Å². The number of aliphatic hydroxyl groups is 2. The highest BCUT2D eigenvalue weighted by Gasteiger charge is 2.50. The number of allylic oxidation sites excluding steroid dienone is 12. The predicted octanol–water partition coefficient (Wildman–Crippen LogP) is 19.2. The Morgan fingerprint density at radius 3 is 1.11 bits per heavy atom. The molecule has 1 aliphatic rings. The summed E-state index contributed by atoms with van der Waals surface area (Å²) in [4.78, 5) is 51.5. The summed E-state index contributed by atoms with van der Waals surface area (Å²) in [5.74, 6) is -3.13. The minimum atomic E-state index is -1.91. The predicted molar refractivity (Wildman–Crippen MR) is 349 cm³/mol. The normalized spacial score (nSPS) is 17.9. The second kappa shape index (κ2) is 60.4. The molecule has 1 aliphatic heterocycles. The average Bonchev–Trinajstić information content (AvgIpc) is 3.46. The number of rotatable bonds is 60. The first-order valence-electron chi connectivity index (χ1n) is 34.9. The number of ether oxygens (including phenoxy) is 5. The van der Waals surface area contributed by atoms with Crippen molar-refractivity contribution in [2.45, 2.75) is 353 Å². The fourth-order valence-electron chi connectivity index (χ4n) is 10.3. The maximum absolute atomic E-state index is 13.2. The summed E-state index contributed by atoms with van der Waals surface area (Å²) in [7, 11) is 0. The van der Waals surface area contributed by atoms with E-state index in [-0.39, 0.29) is 25.9 Å². The van der Waals surface area contributed by atoms with E-state index >= 15 is 0 Å². The Bertz CT molecular complexity index is 1750. The number of carbonyl (C=O) groups is 4. The van der Waals surface area contributed by atoms with E-state index in [0.29, 0.717) is 19.3 Å². The van der Waals surface area contributed by atoms with Gasteiger partial charge in [-0.1, -0.05) is 254 Å². The fourth-order valence-corrected chi connectivity index (χ4v) is 10.3. The highest BCUT2D eigenvalue weighted by atomic mass is 16.7. The smallest absolute Gasteiger partial charge is 0.335 e. The van der Waals surface area contributed by atoms with Gasteiger partial charge in [0.15, 0.2) is 24.6 Å². The second-order valence-electron chi connectivity index (χ2n) is 23.8. The second-order valence-corrected chi connectivity index (χ2v) is 23.8. The summed E-state index contributed by atoms with van der Waals surface area (Å²) in [6, 6.07) is 0. The number of aliphatic carboxylic acids is 1. The molecule has 0 bridgehead atoms. The SMILES string of the molecule is CCCCC/C=C\C/C=C\C/C=C\CCCCCCCCC(=O)OCC(COC1OC(C(=O)O)C(O)C(O)C1OC(=O)CCCCCCCCC/C=C\C/C=C\CCCCC)OC(=O)CCCCCCCCCCC/C=C\CCCCCCCC. The Morgan fingerprint density at radius 2 is 0.706 bits per heavy atom. The van der Waals surface area contributed by atoms with Gasteiger partial charge in [-0.05, 0) is 116 Å². The lowest BCUT2D eigenvalue weighted by molar-refractivity contribution is -0.301. The Balaban J connectivity index is 2.65. The Hall–Kier alpha value is -3.84. The van der Waals surface area contributed by atoms with Crippen molar-refractivity contribution in [1.82, 2.24) is 0 Å². The first kappa shape index (κ1) is 79.2. The monoisotopic (exact) mass is 1190 g/mol. The lowest BCUT2D eigenvalue weighted by Gasteiger charge is -2.40. The topological polar surface area (TPSA) is 175 Å². The summed E-state index contributed by atoms with van der Waals surface area (Å²) >= 11 is 0. The van der Waals surface area contributed by atoms with Crippen LogP contribution in [0.4, 0.5) is 0 Å². The Kier molecular flexibility index (Phi) is 56.3. The van der Waals surface area contributed by atoms with Gasteiger partial charge in [0.1, 0.15) is 18.8 Å². The fraction of sp³-hybridized carbons (Fsp3) is 0.781. The van der Waals surface area contributed by atoms with Crippen LogP contribution in [0.25, 0.3) is 0 Å². The maximum Gasteiger partial charge on any atom is 0.335 e. The van der Waals surface area contributed by atoms with Gasteiger partial charge in [-0.2, -0.15) is 0 Å². The molecule has 0 aromatic carbocycles. The number of esters is 3. The molecule has 85 heavy (non-hydrogen) atoms. The number of hydrogen-bond acceptors (Lipinski definition) is 11. The van der Waals surface area contributed by atoms with E-state index in [9.17, 15) is 34.5 Å². The highest BCUT2D eigenvalue weighted by Crippen LogP contribution is 2.27. The van der Waals surface area contributed by atoms with Crippen LogP contribution in [-0.4, -0.2) is 89.2 Å². The molecule has 1 heterocycles. The standard InChI is InChI=1S/C73H126O12/c1-4-7-10-13-16-19-22-25-28-31-33-36-38-41-44-47-50-53-56-59-65(74)81-62-64(83-66(75)60-57-54-51-48-45-42-40-37-34-32-29-26-23-20-17-14-11-8-5-2)63-82-73-71(69(78)68(77)70(85-73)72(79)80)84-67(76)61-58-55-52-49-46-43-39-35-30-27-24-21-18-15-12-9-6-3/h16,18-19,21,25-30,33,36,64,68-71,73,77-78H,4-15,17,20,22-24,31-32,34-35,37-63H2,1-3H3,(H,79,80)/b19-16-,21-18-,28-25-,29-26-,30-27-,36-33-. The van der Waals surface area contributed by atoms with Crippen molar-refractivity contribution >= 4 is 23.9 Å². The van der Waals surface area contributed by atoms with Crippen molar-refractivity contribution in [1.29, 1.82) is 0 Å². The maximum atomic E-state index is 13.2. The van der Waals surface area contributed by atoms with Crippen LogP contribution in [-0.2, 0) is 42.9 Å². The molecule has 6 unspecified atom stereocenters. The number of aliphatic hydroxyl groups excluding tert-OH is 2. The van der Waals surface area contributed by atoms with Gasteiger partial charge < -0.3 is 39.0 Å². The molecule has 1 fully saturated rings. The highest BCUT2D eigenvalue weighted by molar-refractivity contribution is 5.74. The van der Waals surface area contributed by atoms with Gasteiger partial charge in [0.25, 0.3) is 0 Å². The molecule has 12 heteroatoms. The van der Waals surface area contributed by atoms with E-state index in [4.69, 9.17) is 23.7 Å². The number of hydrogen-bond donors (Lipinski definition) is 3. The summed E-state index contributed by atoms with van der Waals surface area (Å²) in [5.41, 5.74) is 0. The zero-order chi connectivity index (χ0) is 61.7. The van der Waals surface area contributed by atoms with Gasteiger partial charge in [0.2, 0.25) is 0 Å². The van der Waals surface area contributed by atoms with E-state index < -0.39 is 67.3 Å². The third-order valence-corrected chi connectivity index (χ3v) is 15.7. The third-order valence-electron chi connectivity index (χ3n) is 15.7. The van der Waals surface area contributed by atoms with Crippen molar-refractivity contribution in [3.8, 4) is 0 Å². The molecule has 0 amide bonds. The molecular weight excluding hydrogens is 1070 g/mol. The van der Waals surface area contributed by atoms with E-state index in [0.717, 1.165) is 135 Å². The molecule has 1 saturated heterocycles. The molecule has 3 N–H and O–H groups in total. The minimum absolute atomic E-state index is 0.0494. The van der Waals surface area contributed by atoms with Crippen LogP contribution < -0.4 is 0 Å². The Labute approximate surface area is 518 Å². The van der Waals surface area contributed by atoms with E-state index in [1.807, 2.05) is 0 Å². The largest absolute Gasteiger partial charge is 0.479 e. The number of carbonyl (C=O) groups excluding carboxylic acids is 3. The van der Waals surface area contributed by atoms with Crippen molar-refractivity contribution in [2.24, 2.45) is 0 Å². The molecule has 1 rings (SSSR count). The number of carboxylic acid groups (broad SMARTS) is 1. The van der Waals surface area contributed by atoms with Gasteiger partial charge in [0, 0.05) is 19.3 Å². The van der Waals surface area contributed by atoms with Gasteiger partial charge >= 0.3 is 23.9 Å². The van der Waals surface area contributed by atoms with Crippen LogP contribution in [0, 0.1) is 0 Å². The van der Waals surface area contributed by atoms with Crippen LogP contribution in [0.15, 0.2) is 72.9 Å². The first-order valence-corrected chi connectivity index (χ1v) is 34.9. The molecule has 6 atom stereocenters. The van der Waals surface area contributed by atoms with Gasteiger partial charge in [-0.15, -0.1) is 0 Å². The van der Waals surface area contributed by atoms with E-state index in [2.05, 4.69) is 93.7 Å². The van der Waals surface area contributed by atoms with Gasteiger partial charge in [0.05, 0.1) is 6.61 Å². The summed E-state index contributed by atoms with van der Waals surface area (Å²) in [6.07, 6.45) is 65.6. The van der Waals surface area contributed by atoms with Crippen molar-refractivity contribution in [3.63, 3.8) is 0 Å². The first-order chi connectivity index (χ1) is 41.6. The van der Waals surface area contributed by atoms with E-state index in [1.165, 1.54) is 122 Å². The number of carboxylic acids is 1. The lowest BCUT2D eigenvalue weighted by Crippen LogP contribution is -2.61. The molecule has 0 saturated carbocycles. The van der Waals surface area contributed by atoms with Crippen molar-refractivity contribution in [2.75, 3.05) is 13.2 Å². The zero-order valence-electron chi connectivity index (χ0n) is 54.3. The molecule has 12 nitrogen and oxygen atoms in total. The molecule has 0 aromatic rings. The van der Waals surface area contributed by atoms with Crippen molar-refractivity contribution < 1.29 is 58.2 Å². The van der Waals surface area contributed by atoms with Crippen molar-refractivity contribution in [3.05, 3.63) is 72.9 Å². The van der Waals surface area contributed by atoms with E-state index in [1.54, 1.807) is 0 Å². The molecule has 0 aromatic heterocycles. The van der Waals surface area contributed by atoms with Crippen LogP contribution in [0.3, 0.4) is 0 Å². The summed E-state index contributed by atoms with van der Waals surface area (Å²) in [5, 5.41) is 31.7.